The van der Waals surface area contributed by atoms with Crippen molar-refractivity contribution in [1.29, 1.82) is 0 Å². The number of carbonyl (C=O) groups is 2. The van der Waals surface area contributed by atoms with E-state index in [0.29, 0.717) is 17.7 Å². The third-order valence-corrected chi connectivity index (χ3v) is 5.40. The molecular formula is C19H29BrN2O2. The first-order chi connectivity index (χ1) is 11.1. The van der Waals surface area contributed by atoms with E-state index in [-0.39, 0.29) is 28.8 Å². The molecule has 0 aromatic heterocycles. The largest absolute Gasteiger partial charge is 1.00 e. The second-order valence-corrected chi connectivity index (χ2v) is 6.38. The summed E-state index contributed by atoms with van der Waals surface area (Å²) in [6.07, 6.45) is 3.11. The van der Waals surface area contributed by atoms with Gasteiger partial charge in [-0.2, -0.15) is 0 Å². The Labute approximate surface area is 156 Å². The van der Waals surface area contributed by atoms with E-state index < -0.39 is 0 Å². The summed E-state index contributed by atoms with van der Waals surface area (Å²) in [5, 5.41) is 0. The van der Waals surface area contributed by atoms with Gasteiger partial charge in [0.1, 0.15) is 0 Å². The Balaban J connectivity index is 0.00000288. The predicted octanol–water partition coefficient (Wildman–Crippen LogP) is 0.333. The molecule has 0 bridgehead atoms. The molecule has 1 aromatic carbocycles. The standard InChI is InChI=1S/C19H29N2O2.BrH/c1-4-21(5-2,6-3)15-11-7-10-14-20-18(22)16-12-8-9-13-17(16)19(20)23;/h8-9,12-13H,4-7,10-11,14-15H2,1-3H3;1H/q+1;/p-1. The summed E-state index contributed by atoms with van der Waals surface area (Å²) in [7, 11) is 0. The van der Waals surface area contributed by atoms with E-state index in [0.717, 1.165) is 23.7 Å². The molecule has 1 heterocycles. The summed E-state index contributed by atoms with van der Waals surface area (Å²) in [5.41, 5.74) is 1.10. The number of halogens is 1. The van der Waals surface area contributed by atoms with Gasteiger partial charge in [-0.15, -0.1) is 0 Å². The maximum absolute atomic E-state index is 12.3. The fourth-order valence-corrected chi connectivity index (χ4v) is 3.48. The summed E-state index contributed by atoms with van der Waals surface area (Å²) >= 11 is 0. The molecule has 0 atom stereocenters. The lowest BCUT2D eigenvalue weighted by Crippen LogP contribution is -3.00. The maximum atomic E-state index is 12.3. The molecule has 0 fully saturated rings. The third-order valence-electron chi connectivity index (χ3n) is 5.40. The predicted molar refractivity (Wildman–Crippen MR) is 92.4 cm³/mol. The normalized spacial score (nSPS) is 13.9. The van der Waals surface area contributed by atoms with Crippen LogP contribution in [0.5, 0.6) is 0 Å². The van der Waals surface area contributed by atoms with Crippen LogP contribution in [0, 0.1) is 0 Å². The molecule has 0 spiro atoms. The van der Waals surface area contributed by atoms with Gasteiger partial charge in [0.05, 0.1) is 37.3 Å². The van der Waals surface area contributed by atoms with Crippen molar-refractivity contribution in [2.24, 2.45) is 0 Å². The second-order valence-electron chi connectivity index (χ2n) is 6.38. The maximum Gasteiger partial charge on any atom is 0.261 e. The molecule has 4 nitrogen and oxygen atoms in total. The van der Waals surface area contributed by atoms with E-state index in [4.69, 9.17) is 0 Å². The number of benzene rings is 1. The highest BCUT2D eigenvalue weighted by molar-refractivity contribution is 6.21. The van der Waals surface area contributed by atoms with Crippen molar-refractivity contribution >= 4 is 11.8 Å². The van der Waals surface area contributed by atoms with Crippen LogP contribution >= 0.6 is 0 Å². The van der Waals surface area contributed by atoms with Crippen LogP contribution in [0.25, 0.3) is 0 Å². The minimum Gasteiger partial charge on any atom is -1.00 e. The lowest BCUT2D eigenvalue weighted by molar-refractivity contribution is -0.923. The SMILES string of the molecule is CC[N+](CC)(CC)CCCCCN1C(=O)c2ccccc2C1=O.[Br-]. The lowest BCUT2D eigenvalue weighted by Gasteiger charge is -2.35. The van der Waals surface area contributed by atoms with E-state index in [9.17, 15) is 9.59 Å². The summed E-state index contributed by atoms with van der Waals surface area (Å²) in [5.74, 6) is -0.266. The third kappa shape index (κ3) is 4.25. The minimum absolute atomic E-state index is 0. The summed E-state index contributed by atoms with van der Waals surface area (Å²) in [4.78, 5) is 26.0. The zero-order chi connectivity index (χ0) is 16.9. The van der Waals surface area contributed by atoms with Crippen LogP contribution in [0.15, 0.2) is 24.3 Å². The Kier molecular flexibility index (Phi) is 8.10. The molecular weight excluding hydrogens is 368 g/mol. The fourth-order valence-electron chi connectivity index (χ4n) is 3.48. The number of carbonyl (C=O) groups excluding carboxylic acids is 2. The van der Waals surface area contributed by atoms with E-state index in [1.165, 1.54) is 31.1 Å². The van der Waals surface area contributed by atoms with Crippen LogP contribution in [0.4, 0.5) is 0 Å². The molecule has 1 aliphatic rings. The number of fused-ring (bicyclic) bond motifs is 1. The van der Waals surface area contributed by atoms with Crippen molar-refractivity contribution < 1.29 is 31.1 Å². The first kappa shape index (κ1) is 20.8. The minimum atomic E-state index is -0.133. The molecule has 24 heavy (non-hydrogen) atoms. The summed E-state index contributed by atoms with van der Waals surface area (Å²) < 4.78 is 1.16. The number of quaternary nitrogens is 1. The van der Waals surface area contributed by atoms with Crippen molar-refractivity contribution in [3.63, 3.8) is 0 Å². The summed E-state index contributed by atoms with van der Waals surface area (Å²) in [6, 6.07) is 7.10. The molecule has 0 saturated carbocycles. The molecule has 5 heteroatoms. The van der Waals surface area contributed by atoms with Gasteiger partial charge >= 0.3 is 0 Å². The Morgan fingerprint density at radius 3 is 1.79 bits per heavy atom. The van der Waals surface area contributed by atoms with Crippen LogP contribution in [0.2, 0.25) is 0 Å². The number of hydrogen-bond acceptors (Lipinski definition) is 2. The monoisotopic (exact) mass is 396 g/mol. The molecule has 0 aliphatic carbocycles. The lowest BCUT2D eigenvalue weighted by atomic mass is 10.1. The van der Waals surface area contributed by atoms with Crippen LogP contribution in [-0.2, 0) is 0 Å². The fraction of sp³-hybridized carbons (Fsp3) is 0.579. The van der Waals surface area contributed by atoms with Gasteiger partial charge in [0.25, 0.3) is 11.8 Å². The number of nitrogens with zero attached hydrogens (tertiary/aromatic N) is 2. The van der Waals surface area contributed by atoms with Crippen molar-refractivity contribution in [3.8, 4) is 0 Å². The Morgan fingerprint density at radius 1 is 0.833 bits per heavy atom. The number of amides is 2. The topological polar surface area (TPSA) is 37.4 Å². The first-order valence-corrected chi connectivity index (χ1v) is 8.89. The van der Waals surface area contributed by atoms with Crippen LogP contribution in [0.3, 0.4) is 0 Å². The molecule has 0 radical (unpaired) electrons. The quantitative estimate of drug-likeness (QED) is 0.342. The van der Waals surface area contributed by atoms with Crippen molar-refractivity contribution in [1.82, 2.24) is 4.90 Å². The number of unbranched alkanes of at least 4 members (excludes halogenated alkanes) is 2. The van der Waals surface area contributed by atoms with Gasteiger partial charge in [-0.25, -0.2) is 0 Å². The molecule has 0 saturated heterocycles. The number of hydrogen-bond donors (Lipinski definition) is 0. The molecule has 1 aromatic rings. The smallest absolute Gasteiger partial charge is 0.261 e. The van der Waals surface area contributed by atoms with Gasteiger partial charge in [0, 0.05) is 6.54 Å². The van der Waals surface area contributed by atoms with E-state index in [1.807, 2.05) is 12.1 Å². The highest BCUT2D eigenvalue weighted by Gasteiger charge is 2.34. The van der Waals surface area contributed by atoms with Crippen LogP contribution in [-0.4, -0.2) is 53.9 Å². The van der Waals surface area contributed by atoms with Gasteiger partial charge in [0.2, 0.25) is 0 Å². The molecule has 2 rings (SSSR count). The first-order valence-electron chi connectivity index (χ1n) is 8.89. The van der Waals surface area contributed by atoms with Crippen LogP contribution in [0.1, 0.15) is 60.7 Å². The Bertz CT molecular complexity index is 527. The van der Waals surface area contributed by atoms with Gasteiger partial charge in [-0.05, 0) is 52.2 Å². The van der Waals surface area contributed by atoms with Crippen LogP contribution < -0.4 is 17.0 Å². The van der Waals surface area contributed by atoms with Gasteiger partial charge in [0.15, 0.2) is 0 Å². The molecule has 1 aliphatic heterocycles. The number of imide groups is 1. The van der Waals surface area contributed by atoms with E-state index >= 15 is 0 Å². The van der Waals surface area contributed by atoms with Gasteiger partial charge in [-0.3, -0.25) is 14.5 Å². The highest BCUT2D eigenvalue weighted by Crippen LogP contribution is 2.22. The molecule has 134 valence electrons. The van der Waals surface area contributed by atoms with Crippen molar-refractivity contribution in [3.05, 3.63) is 35.4 Å². The number of rotatable bonds is 9. The average Bonchev–Trinajstić information content (AvgIpc) is 2.84. The second kappa shape index (κ2) is 9.33. The van der Waals surface area contributed by atoms with E-state index in [2.05, 4.69) is 20.8 Å². The average molecular weight is 397 g/mol. The van der Waals surface area contributed by atoms with Crippen molar-refractivity contribution in [2.45, 2.75) is 40.0 Å². The van der Waals surface area contributed by atoms with E-state index in [1.54, 1.807) is 12.1 Å². The van der Waals surface area contributed by atoms with Gasteiger partial charge in [-0.1, -0.05) is 12.1 Å². The van der Waals surface area contributed by atoms with Crippen molar-refractivity contribution in [2.75, 3.05) is 32.7 Å². The van der Waals surface area contributed by atoms with Gasteiger partial charge < -0.3 is 21.5 Å². The molecule has 0 unspecified atom stereocenters. The zero-order valence-corrected chi connectivity index (χ0v) is 16.6. The Hall–Kier alpha value is -1.20. The highest BCUT2D eigenvalue weighted by atomic mass is 79.9. The molecule has 2 amide bonds. The Morgan fingerprint density at radius 2 is 1.33 bits per heavy atom. The zero-order valence-electron chi connectivity index (χ0n) is 15.1. The molecule has 0 N–H and O–H groups in total. The summed E-state index contributed by atoms with van der Waals surface area (Å²) in [6.45, 7) is 12.0.